The molecule has 0 saturated carbocycles. The van der Waals surface area contributed by atoms with Gasteiger partial charge in [0.2, 0.25) is 5.88 Å². The SMILES string of the molecule is Cn1nc(C(=O)NC2CCNCC2)c2ccc(OCc3ccccc3-c3cccc(Cl)c3)nc21. The topological polar surface area (TPSA) is 81.1 Å². The van der Waals surface area contributed by atoms with Gasteiger partial charge in [-0.05, 0) is 60.8 Å². The highest BCUT2D eigenvalue weighted by Crippen LogP contribution is 2.27. The predicted molar refractivity (Wildman–Crippen MR) is 133 cm³/mol. The van der Waals surface area contributed by atoms with Gasteiger partial charge in [0.15, 0.2) is 11.3 Å². The number of halogens is 1. The number of pyridine rings is 1. The average molecular weight is 476 g/mol. The van der Waals surface area contributed by atoms with Crippen LogP contribution in [0.25, 0.3) is 22.2 Å². The summed E-state index contributed by atoms with van der Waals surface area (Å²) in [5.41, 5.74) is 4.12. The maximum atomic E-state index is 12.9. The molecule has 5 rings (SSSR count). The van der Waals surface area contributed by atoms with Crippen molar-refractivity contribution in [2.24, 2.45) is 7.05 Å². The van der Waals surface area contributed by atoms with E-state index < -0.39 is 0 Å². The summed E-state index contributed by atoms with van der Waals surface area (Å²) in [5.74, 6) is 0.310. The second-order valence-corrected chi connectivity index (χ2v) is 8.88. The zero-order valence-electron chi connectivity index (χ0n) is 18.9. The van der Waals surface area contributed by atoms with Gasteiger partial charge < -0.3 is 15.4 Å². The number of rotatable bonds is 6. The standard InChI is InChI=1S/C26H26ClN5O2/c1-32-25-22(24(31-32)26(33)29-20-11-13-28-14-12-20)9-10-23(30-25)34-16-18-5-2-3-8-21(18)17-6-4-7-19(27)15-17/h2-10,15,20,28H,11-14,16H2,1H3,(H,29,33). The molecule has 0 atom stereocenters. The summed E-state index contributed by atoms with van der Waals surface area (Å²) < 4.78 is 7.67. The van der Waals surface area contributed by atoms with Crippen LogP contribution in [0.3, 0.4) is 0 Å². The zero-order valence-corrected chi connectivity index (χ0v) is 19.7. The van der Waals surface area contributed by atoms with E-state index in [1.54, 1.807) is 17.8 Å². The number of benzene rings is 2. The van der Waals surface area contributed by atoms with Crippen LogP contribution in [-0.4, -0.2) is 39.8 Å². The van der Waals surface area contributed by atoms with E-state index in [-0.39, 0.29) is 11.9 Å². The van der Waals surface area contributed by atoms with Crippen molar-refractivity contribution in [2.75, 3.05) is 13.1 Å². The van der Waals surface area contributed by atoms with Crippen LogP contribution in [0.4, 0.5) is 0 Å². The van der Waals surface area contributed by atoms with E-state index in [2.05, 4.69) is 26.8 Å². The molecule has 1 amide bonds. The van der Waals surface area contributed by atoms with E-state index in [1.165, 1.54) is 0 Å². The lowest BCUT2D eigenvalue weighted by molar-refractivity contribution is 0.0925. The van der Waals surface area contributed by atoms with Crippen LogP contribution in [0, 0.1) is 0 Å². The van der Waals surface area contributed by atoms with Gasteiger partial charge in [-0.25, -0.2) is 4.68 Å². The van der Waals surface area contributed by atoms with E-state index in [9.17, 15) is 4.79 Å². The fourth-order valence-corrected chi connectivity index (χ4v) is 4.51. The van der Waals surface area contributed by atoms with Crippen molar-refractivity contribution >= 4 is 28.5 Å². The molecule has 4 aromatic rings. The lowest BCUT2D eigenvalue weighted by Crippen LogP contribution is -2.42. The van der Waals surface area contributed by atoms with E-state index in [0.717, 1.165) is 42.6 Å². The molecular formula is C26H26ClN5O2. The fraction of sp³-hybridized carbons (Fsp3) is 0.269. The lowest BCUT2D eigenvalue weighted by atomic mass is 10.0. The van der Waals surface area contributed by atoms with Crippen LogP contribution in [0.1, 0.15) is 28.9 Å². The Morgan fingerprint density at radius 3 is 2.79 bits per heavy atom. The third-order valence-corrected chi connectivity index (χ3v) is 6.31. The molecule has 0 spiro atoms. The molecule has 3 heterocycles. The summed E-state index contributed by atoms with van der Waals surface area (Å²) in [6.07, 6.45) is 1.84. The van der Waals surface area contributed by atoms with Gasteiger partial charge >= 0.3 is 0 Å². The molecule has 2 aromatic heterocycles. The highest BCUT2D eigenvalue weighted by molar-refractivity contribution is 6.30. The number of piperidine rings is 1. The lowest BCUT2D eigenvalue weighted by Gasteiger charge is -2.23. The van der Waals surface area contributed by atoms with Gasteiger partial charge in [0.25, 0.3) is 5.91 Å². The minimum absolute atomic E-state index is 0.164. The molecule has 7 nitrogen and oxygen atoms in total. The number of ether oxygens (including phenoxy) is 1. The Labute approximate surface area is 203 Å². The van der Waals surface area contributed by atoms with Gasteiger partial charge in [0, 0.05) is 24.2 Å². The minimum Gasteiger partial charge on any atom is -0.473 e. The number of fused-ring (bicyclic) bond motifs is 1. The molecule has 1 aliphatic heterocycles. The number of nitrogens with zero attached hydrogens (tertiary/aromatic N) is 3. The predicted octanol–water partition coefficient (Wildman–Crippen LogP) is 4.35. The second kappa shape index (κ2) is 9.83. The number of hydrogen-bond donors (Lipinski definition) is 2. The zero-order chi connectivity index (χ0) is 23.5. The van der Waals surface area contributed by atoms with E-state index >= 15 is 0 Å². The number of hydrogen-bond acceptors (Lipinski definition) is 5. The Balaban J connectivity index is 1.34. The molecule has 0 unspecified atom stereocenters. The van der Waals surface area contributed by atoms with Crippen molar-refractivity contribution in [1.29, 1.82) is 0 Å². The highest BCUT2D eigenvalue weighted by Gasteiger charge is 2.21. The third-order valence-electron chi connectivity index (χ3n) is 6.08. The number of amides is 1. The molecule has 0 radical (unpaired) electrons. The molecule has 1 fully saturated rings. The molecule has 1 aliphatic rings. The van der Waals surface area contributed by atoms with Gasteiger partial charge in [-0.2, -0.15) is 10.1 Å². The third kappa shape index (κ3) is 4.76. The van der Waals surface area contributed by atoms with Crippen molar-refractivity contribution in [3.05, 3.63) is 76.9 Å². The number of carbonyl (C=O) groups excluding carboxylic acids is 1. The Morgan fingerprint density at radius 2 is 1.97 bits per heavy atom. The quantitative estimate of drug-likeness (QED) is 0.433. The minimum atomic E-state index is -0.164. The van der Waals surface area contributed by atoms with Gasteiger partial charge in [-0.3, -0.25) is 4.79 Å². The van der Waals surface area contributed by atoms with Crippen molar-refractivity contribution in [3.8, 4) is 17.0 Å². The Kier molecular flexibility index (Phi) is 6.47. The first-order valence-electron chi connectivity index (χ1n) is 11.4. The van der Waals surface area contributed by atoms with Crippen molar-refractivity contribution in [1.82, 2.24) is 25.4 Å². The first-order chi connectivity index (χ1) is 16.6. The first kappa shape index (κ1) is 22.4. The number of aryl methyl sites for hydroxylation is 1. The van der Waals surface area contributed by atoms with Gasteiger partial charge in [-0.15, -0.1) is 0 Å². The number of aromatic nitrogens is 3. The fourth-order valence-electron chi connectivity index (χ4n) is 4.32. The summed E-state index contributed by atoms with van der Waals surface area (Å²) in [6, 6.07) is 19.6. The Bertz CT molecular complexity index is 1330. The number of carbonyl (C=O) groups is 1. The van der Waals surface area contributed by atoms with Crippen molar-refractivity contribution in [3.63, 3.8) is 0 Å². The summed E-state index contributed by atoms with van der Waals surface area (Å²) in [7, 11) is 1.79. The van der Waals surface area contributed by atoms with E-state index in [0.29, 0.717) is 34.2 Å². The summed E-state index contributed by atoms with van der Waals surface area (Å²) in [5, 5.41) is 12.2. The van der Waals surface area contributed by atoms with E-state index in [1.807, 2.05) is 48.5 Å². The largest absolute Gasteiger partial charge is 0.473 e. The molecule has 174 valence electrons. The summed E-state index contributed by atoms with van der Waals surface area (Å²) in [4.78, 5) is 17.5. The van der Waals surface area contributed by atoms with Gasteiger partial charge in [0.05, 0.1) is 5.39 Å². The summed E-state index contributed by atoms with van der Waals surface area (Å²) >= 11 is 6.19. The van der Waals surface area contributed by atoms with Gasteiger partial charge in [-0.1, -0.05) is 48.0 Å². The van der Waals surface area contributed by atoms with Crippen LogP contribution in [-0.2, 0) is 13.7 Å². The van der Waals surface area contributed by atoms with Crippen molar-refractivity contribution in [2.45, 2.75) is 25.5 Å². The normalized spacial score (nSPS) is 14.3. The van der Waals surface area contributed by atoms with Crippen LogP contribution < -0.4 is 15.4 Å². The first-order valence-corrected chi connectivity index (χ1v) is 11.8. The molecule has 0 bridgehead atoms. The molecule has 2 aromatic carbocycles. The van der Waals surface area contributed by atoms with Crippen molar-refractivity contribution < 1.29 is 9.53 Å². The molecule has 0 aliphatic carbocycles. The average Bonchev–Trinajstić information content (AvgIpc) is 3.19. The van der Waals surface area contributed by atoms with E-state index in [4.69, 9.17) is 16.3 Å². The molecule has 8 heteroatoms. The van der Waals surface area contributed by atoms with Gasteiger partial charge in [0.1, 0.15) is 6.61 Å². The molecular weight excluding hydrogens is 450 g/mol. The number of nitrogens with one attached hydrogen (secondary N) is 2. The van der Waals surface area contributed by atoms with Crippen LogP contribution in [0.15, 0.2) is 60.7 Å². The smallest absolute Gasteiger partial charge is 0.272 e. The molecule has 2 N–H and O–H groups in total. The Hall–Kier alpha value is -3.42. The van der Waals surface area contributed by atoms with Crippen LogP contribution in [0.5, 0.6) is 5.88 Å². The Morgan fingerprint density at radius 1 is 1.15 bits per heavy atom. The maximum Gasteiger partial charge on any atom is 0.272 e. The highest BCUT2D eigenvalue weighted by atomic mass is 35.5. The monoisotopic (exact) mass is 475 g/mol. The van der Waals surface area contributed by atoms with Crippen LogP contribution in [0.2, 0.25) is 5.02 Å². The molecule has 1 saturated heterocycles. The maximum absolute atomic E-state index is 12.9. The summed E-state index contributed by atoms with van der Waals surface area (Å²) in [6.45, 7) is 2.18. The second-order valence-electron chi connectivity index (χ2n) is 8.45. The van der Waals surface area contributed by atoms with Crippen LogP contribution >= 0.6 is 11.6 Å². The molecule has 34 heavy (non-hydrogen) atoms.